The Kier molecular flexibility index (Phi) is 7.63. The van der Waals surface area contributed by atoms with Gasteiger partial charge in [-0.05, 0) is 48.6 Å². The second kappa shape index (κ2) is 10.6. The van der Waals surface area contributed by atoms with Crippen LogP contribution in [0.2, 0.25) is 0 Å². The summed E-state index contributed by atoms with van der Waals surface area (Å²) in [7, 11) is -4.33. The summed E-state index contributed by atoms with van der Waals surface area (Å²) in [5.41, 5.74) is -0.460. The molecule has 0 aliphatic carbocycles. The summed E-state index contributed by atoms with van der Waals surface area (Å²) in [6, 6.07) is 12.6. The molecule has 12 heteroatoms. The molecule has 1 aliphatic rings. The highest BCUT2D eigenvalue weighted by atomic mass is 32.2. The number of carboxylic acid groups (broad SMARTS) is 1. The van der Waals surface area contributed by atoms with Gasteiger partial charge >= 0.3 is 12.1 Å². The summed E-state index contributed by atoms with van der Waals surface area (Å²) >= 11 is 0. The molecule has 2 N–H and O–H groups in total. The first-order valence-corrected chi connectivity index (χ1v) is 13.5. The number of carbonyl (C=O) groups is 1. The van der Waals surface area contributed by atoms with Crippen LogP contribution >= 0.6 is 0 Å². The Labute approximate surface area is 218 Å². The normalized spacial score (nSPS) is 16.5. The van der Waals surface area contributed by atoms with Gasteiger partial charge in [0.2, 0.25) is 0 Å². The third-order valence-corrected chi connectivity index (χ3v) is 7.61. The van der Waals surface area contributed by atoms with Crippen molar-refractivity contribution in [3.8, 4) is 11.3 Å². The molecule has 1 unspecified atom stereocenters. The molecular formula is C26H27F3N4O4S. The van der Waals surface area contributed by atoms with Crippen LogP contribution in [0.4, 0.5) is 24.8 Å². The summed E-state index contributed by atoms with van der Waals surface area (Å²) < 4.78 is 70.2. The lowest BCUT2D eigenvalue weighted by Gasteiger charge is -2.31. The molecule has 2 aromatic heterocycles. The summed E-state index contributed by atoms with van der Waals surface area (Å²) in [5, 5.41) is 8.98. The second-order valence-electron chi connectivity index (χ2n) is 9.40. The molecule has 0 spiro atoms. The van der Waals surface area contributed by atoms with Gasteiger partial charge in [0.25, 0.3) is 10.0 Å². The van der Waals surface area contributed by atoms with Crippen molar-refractivity contribution in [1.82, 2.24) is 9.97 Å². The minimum absolute atomic E-state index is 0.100. The highest BCUT2D eigenvalue weighted by Crippen LogP contribution is 2.39. The van der Waals surface area contributed by atoms with Crippen LogP contribution in [0.1, 0.15) is 43.7 Å². The van der Waals surface area contributed by atoms with Crippen molar-refractivity contribution in [2.75, 3.05) is 22.7 Å². The summed E-state index contributed by atoms with van der Waals surface area (Å²) in [4.78, 5) is 21.4. The highest BCUT2D eigenvalue weighted by Gasteiger charge is 2.36. The highest BCUT2D eigenvalue weighted by molar-refractivity contribution is 7.92. The Bertz CT molecular complexity index is 1440. The van der Waals surface area contributed by atoms with E-state index in [0.29, 0.717) is 30.8 Å². The number of sulfonamides is 1. The molecule has 38 heavy (non-hydrogen) atoms. The number of benzene rings is 1. The number of hydrogen-bond donors (Lipinski definition) is 2. The Morgan fingerprint density at radius 2 is 1.82 bits per heavy atom. The number of aliphatic carboxylic acids is 1. The van der Waals surface area contributed by atoms with Crippen LogP contribution in [0.15, 0.2) is 59.6 Å². The predicted octanol–water partition coefficient (Wildman–Crippen LogP) is 5.39. The van der Waals surface area contributed by atoms with Crippen LogP contribution < -0.4 is 9.62 Å². The molecule has 1 fully saturated rings. The van der Waals surface area contributed by atoms with E-state index in [1.807, 2.05) is 13.8 Å². The maximum Gasteiger partial charge on any atom is 0.418 e. The van der Waals surface area contributed by atoms with E-state index in [0.717, 1.165) is 12.1 Å². The maximum absolute atomic E-state index is 13.9. The van der Waals surface area contributed by atoms with E-state index in [2.05, 4.69) is 14.7 Å². The molecule has 0 bridgehead atoms. The second-order valence-corrected chi connectivity index (χ2v) is 11.0. The van der Waals surface area contributed by atoms with Gasteiger partial charge in [-0.15, -0.1) is 0 Å². The topological polar surface area (TPSA) is 112 Å². The minimum atomic E-state index is -4.71. The van der Waals surface area contributed by atoms with Crippen LogP contribution in [0.25, 0.3) is 11.3 Å². The van der Waals surface area contributed by atoms with Gasteiger partial charge in [-0.2, -0.15) is 21.6 Å². The number of nitrogens with zero attached hydrogens (tertiary/aromatic N) is 3. The number of anilines is 2. The standard InChI is InChI=1S/C26H27F3N4O4S/c1-16(2)18-8-3-4-9-19(18)24-20(26(27,28)29)12-13-21(30-24)32-38(36,37)23-11-5-10-22(31-23)33-14-6-7-17(15-33)25(34)35/h3-5,8-13,16-17H,6-7,14-15H2,1-2H3,(H,30,32)(H,34,35). The fourth-order valence-corrected chi connectivity index (χ4v) is 5.44. The number of aromatic nitrogens is 2. The van der Waals surface area contributed by atoms with Gasteiger partial charge in [-0.1, -0.05) is 44.2 Å². The lowest BCUT2D eigenvalue weighted by molar-refractivity contribution is -0.142. The van der Waals surface area contributed by atoms with Crippen molar-refractivity contribution >= 4 is 27.6 Å². The largest absolute Gasteiger partial charge is 0.481 e. The van der Waals surface area contributed by atoms with Crippen molar-refractivity contribution < 1.29 is 31.5 Å². The third-order valence-electron chi connectivity index (χ3n) is 6.36. The molecule has 1 atom stereocenters. The number of alkyl halides is 3. The SMILES string of the molecule is CC(C)c1ccccc1-c1nc(NS(=O)(=O)c2cccc(N3CCCC(C(=O)O)C3)n2)ccc1C(F)(F)F. The van der Waals surface area contributed by atoms with E-state index in [1.54, 1.807) is 29.2 Å². The van der Waals surface area contributed by atoms with Crippen molar-refractivity contribution in [2.45, 2.75) is 43.8 Å². The van der Waals surface area contributed by atoms with Gasteiger partial charge in [0.15, 0.2) is 5.03 Å². The molecular weight excluding hydrogens is 521 g/mol. The number of carboxylic acids is 1. The molecule has 0 saturated carbocycles. The average Bonchev–Trinajstić information content (AvgIpc) is 2.88. The molecule has 0 radical (unpaired) electrons. The van der Waals surface area contributed by atoms with E-state index in [1.165, 1.54) is 18.2 Å². The fraction of sp³-hybridized carbons (Fsp3) is 0.346. The Morgan fingerprint density at radius 3 is 2.50 bits per heavy atom. The van der Waals surface area contributed by atoms with Crippen molar-refractivity contribution in [3.05, 3.63) is 65.7 Å². The van der Waals surface area contributed by atoms with Gasteiger partial charge < -0.3 is 10.0 Å². The molecule has 1 saturated heterocycles. The number of nitrogens with one attached hydrogen (secondary N) is 1. The molecule has 1 aliphatic heterocycles. The first-order valence-electron chi connectivity index (χ1n) is 12.0. The third kappa shape index (κ3) is 5.90. The zero-order valence-electron chi connectivity index (χ0n) is 20.7. The van der Waals surface area contributed by atoms with E-state index >= 15 is 0 Å². The van der Waals surface area contributed by atoms with Gasteiger partial charge in [0.05, 0.1) is 17.2 Å². The molecule has 202 valence electrons. The van der Waals surface area contributed by atoms with Crippen LogP contribution in [0, 0.1) is 5.92 Å². The maximum atomic E-state index is 13.9. The fourth-order valence-electron chi connectivity index (χ4n) is 4.47. The number of piperidine rings is 1. The van der Waals surface area contributed by atoms with Crippen molar-refractivity contribution in [1.29, 1.82) is 0 Å². The minimum Gasteiger partial charge on any atom is -0.481 e. The molecule has 4 rings (SSSR count). The van der Waals surface area contributed by atoms with Gasteiger partial charge in [-0.3, -0.25) is 9.52 Å². The number of rotatable bonds is 7. The van der Waals surface area contributed by atoms with Gasteiger partial charge in [0.1, 0.15) is 11.6 Å². The first-order chi connectivity index (χ1) is 17.9. The molecule has 8 nitrogen and oxygen atoms in total. The van der Waals surface area contributed by atoms with Gasteiger partial charge in [0, 0.05) is 18.7 Å². The summed E-state index contributed by atoms with van der Waals surface area (Å²) in [6.07, 6.45) is -3.57. The van der Waals surface area contributed by atoms with Crippen LogP contribution in [0.5, 0.6) is 0 Å². The van der Waals surface area contributed by atoms with E-state index in [4.69, 9.17) is 0 Å². The van der Waals surface area contributed by atoms with Crippen molar-refractivity contribution in [3.63, 3.8) is 0 Å². The van der Waals surface area contributed by atoms with Crippen LogP contribution in [-0.2, 0) is 21.0 Å². The van der Waals surface area contributed by atoms with Crippen molar-refractivity contribution in [2.24, 2.45) is 5.92 Å². The Balaban J connectivity index is 1.69. The lowest BCUT2D eigenvalue weighted by atomic mass is 9.93. The van der Waals surface area contributed by atoms with E-state index < -0.39 is 33.7 Å². The van der Waals surface area contributed by atoms with Gasteiger partial charge in [-0.25, -0.2) is 9.97 Å². The smallest absolute Gasteiger partial charge is 0.418 e. The average molecular weight is 549 g/mol. The number of halogens is 3. The number of pyridine rings is 2. The zero-order chi connectivity index (χ0) is 27.7. The Morgan fingerprint density at radius 1 is 1.08 bits per heavy atom. The molecule has 1 aromatic carbocycles. The Hall–Kier alpha value is -3.67. The van der Waals surface area contributed by atoms with E-state index in [9.17, 15) is 31.5 Å². The lowest BCUT2D eigenvalue weighted by Crippen LogP contribution is -2.39. The zero-order valence-corrected chi connectivity index (χ0v) is 21.6. The molecule has 3 aromatic rings. The number of hydrogen-bond acceptors (Lipinski definition) is 6. The molecule has 3 heterocycles. The summed E-state index contributed by atoms with van der Waals surface area (Å²) in [5.74, 6) is -1.61. The van der Waals surface area contributed by atoms with Crippen LogP contribution in [0.3, 0.4) is 0 Å². The monoisotopic (exact) mass is 548 g/mol. The molecule has 0 amide bonds. The first kappa shape index (κ1) is 27.4. The quantitative estimate of drug-likeness (QED) is 0.407. The summed E-state index contributed by atoms with van der Waals surface area (Å²) in [6.45, 7) is 4.40. The predicted molar refractivity (Wildman–Crippen MR) is 136 cm³/mol. The van der Waals surface area contributed by atoms with Crippen LogP contribution in [-0.4, -0.2) is 42.6 Å². The van der Waals surface area contributed by atoms with E-state index in [-0.39, 0.29) is 34.6 Å².